The van der Waals surface area contributed by atoms with Gasteiger partial charge in [0.1, 0.15) is 5.78 Å². The number of aliphatic hydroxyl groups is 1. The van der Waals surface area contributed by atoms with Crippen LogP contribution in [-0.4, -0.2) is 32.3 Å². The summed E-state index contributed by atoms with van der Waals surface area (Å²) in [6.45, 7) is 2.01. The third-order valence-corrected chi connectivity index (χ3v) is 4.51. The molecule has 0 aliphatic rings. The van der Waals surface area contributed by atoms with Crippen molar-refractivity contribution >= 4 is 17.4 Å². The Morgan fingerprint density at radius 1 is 1.19 bits per heavy atom. The molecule has 1 aromatic carbocycles. The molecule has 0 atom stereocenters. The number of aliphatic hydroxyl groups excluding tert-OH is 1. The van der Waals surface area contributed by atoms with Gasteiger partial charge in [0, 0.05) is 48.5 Å². The summed E-state index contributed by atoms with van der Waals surface area (Å²) in [6, 6.07) is 13.3. The largest absolute Gasteiger partial charge is 0.396 e. The van der Waals surface area contributed by atoms with Crippen LogP contribution in [0.3, 0.4) is 0 Å². The van der Waals surface area contributed by atoms with Crippen LogP contribution in [0.2, 0.25) is 5.02 Å². The molecule has 0 saturated carbocycles. The second-order valence-corrected chi connectivity index (χ2v) is 6.95. The lowest BCUT2D eigenvalue weighted by Gasteiger charge is -2.08. The molecule has 0 radical (unpaired) electrons. The van der Waals surface area contributed by atoms with Crippen molar-refractivity contribution in [2.24, 2.45) is 0 Å². The van der Waals surface area contributed by atoms with Gasteiger partial charge in [-0.1, -0.05) is 23.7 Å². The highest BCUT2D eigenvalue weighted by Crippen LogP contribution is 2.18. The fraction of sp³-hybridized carbons (Fsp3) is 0.286. The summed E-state index contributed by atoms with van der Waals surface area (Å²) in [7, 11) is 0. The molecular formula is C21H22ClN3O2. The van der Waals surface area contributed by atoms with Gasteiger partial charge in [-0.3, -0.25) is 9.78 Å². The molecule has 0 bridgehead atoms. The maximum atomic E-state index is 12.4. The van der Waals surface area contributed by atoms with E-state index >= 15 is 0 Å². The molecule has 2 aromatic heterocycles. The lowest BCUT2D eigenvalue weighted by Crippen LogP contribution is -2.08. The molecule has 0 spiro atoms. The Balaban J connectivity index is 1.64. The zero-order valence-electron chi connectivity index (χ0n) is 15.2. The van der Waals surface area contributed by atoms with Crippen molar-refractivity contribution in [2.45, 2.75) is 32.6 Å². The zero-order chi connectivity index (χ0) is 19.2. The molecule has 6 heteroatoms. The Labute approximate surface area is 163 Å². The number of nitrogens with zero attached hydrogens (tertiary/aromatic N) is 3. The molecule has 1 N–H and O–H groups in total. The molecule has 0 fully saturated rings. The van der Waals surface area contributed by atoms with Crippen LogP contribution in [0.4, 0.5) is 0 Å². The van der Waals surface area contributed by atoms with Crippen molar-refractivity contribution in [1.29, 1.82) is 0 Å². The molecule has 5 nitrogen and oxygen atoms in total. The number of halogens is 1. The molecule has 2 heterocycles. The normalized spacial score (nSPS) is 10.9. The number of hydrogen-bond donors (Lipinski definition) is 1. The van der Waals surface area contributed by atoms with Gasteiger partial charge in [0.25, 0.3) is 0 Å². The number of hydrogen-bond acceptors (Lipinski definition) is 4. The number of benzene rings is 1. The smallest absolute Gasteiger partial charge is 0.137 e. The number of pyridine rings is 1. The quantitative estimate of drug-likeness (QED) is 0.646. The van der Waals surface area contributed by atoms with Gasteiger partial charge in [0.2, 0.25) is 0 Å². The third kappa shape index (κ3) is 5.25. The van der Waals surface area contributed by atoms with Crippen LogP contribution in [-0.2, 0) is 24.1 Å². The molecule has 3 aromatic rings. The number of carbonyl (C=O) groups is 1. The third-order valence-electron chi connectivity index (χ3n) is 4.27. The average Bonchev–Trinajstić information content (AvgIpc) is 3.03. The van der Waals surface area contributed by atoms with E-state index in [2.05, 4.69) is 10.1 Å². The van der Waals surface area contributed by atoms with E-state index in [1.165, 1.54) is 0 Å². The Bertz CT molecular complexity index is 919. The monoisotopic (exact) mass is 383 g/mol. The van der Waals surface area contributed by atoms with Gasteiger partial charge >= 0.3 is 0 Å². The van der Waals surface area contributed by atoms with Crippen molar-refractivity contribution in [3.63, 3.8) is 0 Å². The van der Waals surface area contributed by atoms with Crippen LogP contribution in [0, 0.1) is 6.92 Å². The summed E-state index contributed by atoms with van der Waals surface area (Å²) < 4.78 is 1.85. The first-order chi connectivity index (χ1) is 13.0. The summed E-state index contributed by atoms with van der Waals surface area (Å²) in [5.41, 5.74) is 4.50. The number of aromatic nitrogens is 3. The molecule has 0 aliphatic heterocycles. The Kier molecular flexibility index (Phi) is 6.37. The molecule has 0 aliphatic carbocycles. The van der Waals surface area contributed by atoms with Gasteiger partial charge in [-0.25, -0.2) is 4.68 Å². The molecule has 0 unspecified atom stereocenters. The second kappa shape index (κ2) is 8.93. The van der Waals surface area contributed by atoms with E-state index in [9.17, 15) is 4.79 Å². The van der Waals surface area contributed by atoms with E-state index in [1.54, 1.807) is 6.20 Å². The van der Waals surface area contributed by atoms with Gasteiger partial charge in [0.05, 0.1) is 11.4 Å². The van der Waals surface area contributed by atoms with E-state index < -0.39 is 0 Å². The van der Waals surface area contributed by atoms with Crippen molar-refractivity contribution in [3.8, 4) is 5.69 Å². The lowest BCUT2D eigenvalue weighted by atomic mass is 10.1. The van der Waals surface area contributed by atoms with Crippen LogP contribution >= 0.6 is 11.6 Å². The van der Waals surface area contributed by atoms with E-state index in [0.717, 1.165) is 28.3 Å². The minimum Gasteiger partial charge on any atom is -0.396 e. The summed E-state index contributed by atoms with van der Waals surface area (Å²) in [5.74, 6) is 0.156. The van der Waals surface area contributed by atoms with Gasteiger partial charge < -0.3 is 5.11 Å². The Morgan fingerprint density at radius 2 is 2.04 bits per heavy atom. The maximum absolute atomic E-state index is 12.4. The van der Waals surface area contributed by atoms with Crippen molar-refractivity contribution in [3.05, 3.63) is 76.3 Å². The number of aryl methyl sites for hydroxylation is 2. The highest BCUT2D eigenvalue weighted by Gasteiger charge is 2.11. The standard InChI is InChI=1S/C21H22ClN3O2/c1-15-11-20(25(24-15)19-4-2-3-17(22)13-19)7-8-21(27)12-16-5-6-18(9-10-26)23-14-16/h2-6,11,13-14,26H,7-10,12H2,1H3. The second-order valence-electron chi connectivity index (χ2n) is 6.52. The summed E-state index contributed by atoms with van der Waals surface area (Å²) in [4.78, 5) is 16.7. The van der Waals surface area contributed by atoms with Crippen LogP contribution < -0.4 is 0 Å². The molecule has 0 saturated heterocycles. The zero-order valence-corrected chi connectivity index (χ0v) is 16.0. The number of Topliss-reactive ketones (excluding diaryl/α,β-unsaturated/α-hetero) is 1. The van der Waals surface area contributed by atoms with Crippen LogP contribution in [0.15, 0.2) is 48.7 Å². The van der Waals surface area contributed by atoms with E-state index in [1.807, 2.05) is 54.1 Å². The number of rotatable bonds is 8. The minimum atomic E-state index is 0.0744. The number of ketones is 1. The highest BCUT2D eigenvalue weighted by atomic mass is 35.5. The van der Waals surface area contributed by atoms with Gasteiger partial charge in [-0.05, 0) is 49.2 Å². The molecule has 3 rings (SSSR count). The topological polar surface area (TPSA) is 68.0 Å². The molecule has 0 amide bonds. The highest BCUT2D eigenvalue weighted by molar-refractivity contribution is 6.30. The Hall–Kier alpha value is -2.50. The van der Waals surface area contributed by atoms with Gasteiger partial charge in [0.15, 0.2) is 0 Å². The van der Waals surface area contributed by atoms with Crippen molar-refractivity contribution in [1.82, 2.24) is 14.8 Å². The molecule has 27 heavy (non-hydrogen) atoms. The van der Waals surface area contributed by atoms with Crippen molar-refractivity contribution < 1.29 is 9.90 Å². The summed E-state index contributed by atoms with van der Waals surface area (Å²) in [5, 5.41) is 14.1. The van der Waals surface area contributed by atoms with Crippen molar-refractivity contribution in [2.75, 3.05) is 6.61 Å². The first-order valence-electron chi connectivity index (χ1n) is 8.93. The van der Waals surface area contributed by atoms with Gasteiger partial charge in [-0.15, -0.1) is 0 Å². The average molecular weight is 384 g/mol. The molecular weight excluding hydrogens is 362 g/mol. The summed E-state index contributed by atoms with van der Waals surface area (Å²) in [6.07, 6.45) is 3.65. The first-order valence-corrected chi connectivity index (χ1v) is 9.31. The predicted octanol–water partition coefficient (Wildman–Crippen LogP) is 3.51. The lowest BCUT2D eigenvalue weighted by molar-refractivity contribution is -0.118. The van der Waals surface area contributed by atoms with Crippen LogP contribution in [0.25, 0.3) is 5.69 Å². The van der Waals surface area contributed by atoms with Crippen LogP contribution in [0.1, 0.15) is 29.1 Å². The predicted molar refractivity (Wildman–Crippen MR) is 105 cm³/mol. The first kappa shape index (κ1) is 19.3. The van der Waals surface area contributed by atoms with Gasteiger partial charge in [-0.2, -0.15) is 5.10 Å². The number of carbonyl (C=O) groups excluding carboxylic acids is 1. The fourth-order valence-electron chi connectivity index (χ4n) is 2.97. The summed E-state index contributed by atoms with van der Waals surface area (Å²) >= 11 is 6.09. The minimum absolute atomic E-state index is 0.0744. The fourth-order valence-corrected chi connectivity index (χ4v) is 3.15. The van der Waals surface area contributed by atoms with E-state index in [-0.39, 0.29) is 12.4 Å². The Morgan fingerprint density at radius 3 is 2.74 bits per heavy atom. The maximum Gasteiger partial charge on any atom is 0.137 e. The van der Waals surface area contributed by atoms with Crippen LogP contribution in [0.5, 0.6) is 0 Å². The molecule has 140 valence electrons. The SMILES string of the molecule is Cc1cc(CCC(=O)Cc2ccc(CCO)nc2)n(-c2cccc(Cl)c2)n1. The van der Waals surface area contributed by atoms with E-state index in [4.69, 9.17) is 16.7 Å². The van der Waals surface area contributed by atoms with E-state index in [0.29, 0.717) is 30.7 Å².